The van der Waals surface area contributed by atoms with Crippen molar-refractivity contribution < 1.29 is 9.59 Å². The van der Waals surface area contributed by atoms with Gasteiger partial charge in [0.15, 0.2) is 0 Å². The summed E-state index contributed by atoms with van der Waals surface area (Å²) in [6.07, 6.45) is 9.68. The molecule has 6 nitrogen and oxygen atoms in total. The van der Waals surface area contributed by atoms with Gasteiger partial charge in [0.1, 0.15) is 0 Å². The predicted molar refractivity (Wildman–Crippen MR) is 118 cm³/mol. The van der Waals surface area contributed by atoms with Gasteiger partial charge in [-0.2, -0.15) is 0 Å². The highest BCUT2D eigenvalue weighted by Gasteiger charge is 2.27. The first kappa shape index (κ1) is 24.1. The quantitative estimate of drug-likeness (QED) is 0.519. The van der Waals surface area contributed by atoms with Crippen LogP contribution >= 0.6 is 0 Å². The van der Waals surface area contributed by atoms with Gasteiger partial charge in [-0.25, -0.2) is 0 Å². The van der Waals surface area contributed by atoms with Crippen LogP contribution in [-0.4, -0.2) is 83.0 Å². The third-order valence-corrected chi connectivity index (χ3v) is 6.69. The molecule has 2 amide bonds. The molecular weight excluding hydrogens is 364 g/mol. The van der Waals surface area contributed by atoms with E-state index in [-0.39, 0.29) is 11.8 Å². The molecule has 0 aromatic rings. The standard InChI is InChI=1S/C23H44N4O2/c1-5-22(28)26-18-24(16-12-20(26)3)14-10-8-7-9-11-15-25-17-13-21(4)27(19-25)23(29)6-2/h20-21H,5-19H2,1-4H3/t20-,21-/m0/s1. The van der Waals surface area contributed by atoms with Gasteiger partial charge in [0.05, 0.1) is 13.3 Å². The molecule has 2 heterocycles. The largest absolute Gasteiger partial charge is 0.327 e. The van der Waals surface area contributed by atoms with Crippen molar-refractivity contribution in [1.82, 2.24) is 19.6 Å². The minimum Gasteiger partial charge on any atom is -0.327 e. The van der Waals surface area contributed by atoms with Gasteiger partial charge in [-0.05, 0) is 52.6 Å². The highest BCUT2D eigenvalue weighted by atomic mass is 16.2. The molecule has 0 aliphatic carbocycles. The fraction of sp³-hybridized carbons (Fsp3) is 0.913. The van der Waals surface area contributed by atoms with Crippen LogP contribution in [0.1, 0.15) is 85.5 Å². The van der Waals surface area contributed by atoms with Crippen LogP contribution in [0, 0.1) is 0 Å². The summed E-state index contributed by atoms with van der Waals surface area (Å²) in [5.41, 5.74) is 0. The fourth-order valence-electron chi connectivity index (χ4n) is 4.52. The van der Waals surface area contributed by atoms with Crippen LogP contribution < -0.4 is 0 Å². The van der Waals surface area contributed by atoms with E-state index in [1.807, 2.05) is 13.8 Å². The van der Waals surface area contributed by atoms with Gasteiger partial charge in [-0.1, -0.05) is 33.1 Å². The molecular formula is C23H44N4O2. The Balaban J connectivity index is 1.54. The maximum Gasteiger partial charge on any atom is 0.223 e. The molecule has 2 atom stereocenters. The lowest BCUT2D eigenvalue weighted by atomic mass is 10.1. The lowest BCUT2D eigenvalue weighted by Crippen LogP contribution is -2.52. The maximum absolute atomic E-state index is 12.1. The lowest BCUT2D eigenvalue weighted by molar-refractivity contribution is -0.138. The summed E-state index contributed by atoms with van der Waals surface area (Å²) in [4.78, 5) is 33.1. The van der Waals surface area contributed by atoms with E-state index < -0.39 is 0 Å². The molecule has 2 fully saturated rings. The summed E-state index contributed by atoms with van der Waals surface area (Å²) in [5, 5.41) is 0. The van der Waals surface area contributed by atoms with Crippen molar-refractivity contribution >= 4 is 11.8 Å². The smallest absolute Gasteiger partial charge is 0.223 e. The molecule has 168 valence electrons. The van der Waals surface area contributed by atoms with E-state index >= 15 is 0 Å². The summed E-state index contributed by atoms with van der Waals surface area (Å²) in [6.45, 7) is 14.3. The van der Waals surface area contributed by atoms with Crippen molar-refractivity contribution in [2.75, 3.05) is 39.5 Å². The van der Waals surface area contributed by atoms with Crippen LogP contribution in [-0.2, 0) is 9.59 Å². The average molecular weight is 409 g/mol. The van der Waals surface area contributed by atoms with E-state index in [4.69, 9.17) is 0 Å². The predicted octanol–water partition coefficient (Wildman–Crippen LogP) is 3.52. The summed E-state index contributed by atoms with van der Waals surface area (Å²) in [6, 6.07) is 0.778. The molecule has 0 bridgehead atoms. The Morgan fingerprint density at radius 1 is 0.690 bits per heavy atom. The molecule has 0 radical (unpaired) electrons. The first-order chi connectivity index (χ1) is 14.0. The lowest BCUT2D eigenvalue weighted by Gasteiger charge is -2.40. The van der Waals surface area contributed by atoms with E-state index in [1.54, 1.807) is 0 Å². The van der Waals surface area contributed by atoms with Crippen molar-refractivity contribution in [3.05, 3.63) is 0 Å². The van der Waals surface area contributed by atoms with E-state index in [9.17, 15) is 9.59 Å². The molecule has 0 aromatic carbocycles. The second-order valence-electron chi connectivity index (χ2n) is 9.00. The monoisotopic (exact) mass is 408 g/mol. The Morgan fingerprint density at radius 2 is 1.07 bits per heavy atom. The molecule has 2 rings (SSSR count). The Hall–Kier alpha value is -1.14. The van der Waals surface area contributed by atoms with Crippen LogP contribution in [0.3, 0.4) is 0 Å². The second-order valence-corrected chi connectivity index (χ2v) is 9.00. The summed E-state index contributed by atoms with van der Waals surface area (Å²) in [5.74, 6) is 0.571. The third-order valence-electron chi connectivity index (χ3n) is 6.69. The highest BCUT2D eigenvalue weighted by molar-refractivity contribution is 5.76. The van der Waals surface area contributed by atoms with E-state index in [0.717, 1.165) is 52.4 Å². The van der Waals surface area contributed by atoms with Gasteiger partial charge in [0.25, 0.3) is 0 Å². The second kappa shape index (κ2) is 12.5. The molecule has 0 spiro atoms. The normalized spacial score (nSPS) is 24.1. The number of carbonyl (C=O) groups is 2. The molecule has 0 saturated carbocycles. The Bertz CT molecular complexity index is 469. The van der Waals surface area contributed by atoms with Crippen molar-refractivity contribution in [2.24, 2.45) is 0 Å². The van der Waals surface area contributed by atoms with Gasteiger partial charge in [0.2, 0.25) is 11.8 Å². The Morgan fingerprint density at radius 3 is 1.45 bits per heavy atom. The molecule has 2 aliphatic heterocycles. The van der Waals surface area contributed by atoms with Crippen molar-refractivity contribution in [3.63, 3.8) is 0 Å². The van der Waals surface area contributed by atoms with Crippen molar-refractivity contribution in [1.29, 1.82) is 0 Å². The number of nitrogens with zero attached hydrogens (tertiary/aromatic N) is 4. The number of hydrogen-bond acceptors (Lipinski definition) is 4. The van der Waals surface area contributed by atoms with E-state index in [0.29, 0.717) is 24.9 Å². The molecule has 0 unspecified atom stereocenters. The van der Waals surface area contributed by atoms with Crippen LogP contribution in [0.4, 0.5) is 0 Å². The SMILES string of the molecule is CCC(=O)N1CN(CCCCCCCN2CC[C@H](C)N(C(=O)CC)C2)CC[C@@H]1C. The van der Waals surface area contributed by atoms with Gasteiger partial charge >= 0.3 is 0 Å². The van der Waals surface area contributed by atoms with Gasteiger partial charge in [-0.15, -0.1) is 0 Å². The topological polar surface area (TPSA) is 47.1 Å². The van der Waals surface area contributed by atoms with Crippen LogP contribution in [0.5, 0.6) is 0 Å². The summed E-state index contributed by atoms with van der Waals surface area (Å²) in [7, 11) is 0. The van der Waals surface area contributed by atoms with E-state index in [1.165, 1.54) is 32.1 Å². The number of unbranched alkanes of at least 4 members (excludes halogenated alkanes) is 4. The Kier molecular flexibility index (Phi) is 10.4. The van der Waals surface area contributed by atoms with Crippen molar-refractivity contribution in [2.45, 2.75) is 97.6 Å². The van der Waals surface area contributed by atoms with E-state index in [2.05, 4.69) is 33.4 Å². The van der Waals surface area contributed by atoms with Gasteiger partial charge < -0.3 is 9.80 Å². The van der Waals surface area contributed by atoms with Gasteiger partial charge in [-0.3, -0.25) is 19.4 Å². The third kappa shape index (κ3) is 7.56. The van der Waals surface area contributed by atoms with Crippen molar-refractivity contribution in [3.8, 4) is 0 Å². The average Bonchev–Trinajstić information content (AvgIpc) is 2.74. The summed E-state index contributed by atoms with van der Waals surface area (Å²) >= 11 is 0. The van der Waals surface area contributed by atoms with Crippen LogP contribution in [0.25, 0.3) is 0 Å². The minimum atomic E-state index is 0.286. The molecule has 2 aliphatic rings. The van der Waals surface area contributed by atoms with Crippen LogP contribution in [0.2, 0.25) is 0 Å². The molecule has 0 N–H and O–H groups in total. The highest BCUT2D eigenvalue weighted by Crippen LogP contribution is 2.17. The first-order valence-corrected chi connectivity index (χ1v) is 12.0. The zero-order valence-electron chi connectivity index (χ0n) is 19.4. The Labute approximate surface area is 178 Å². The van der Waals surface area contributed by atoms with Gasteiger partial charge in [0, 0.05) is 38.0 Å². The number of rotatable bonds is 10. The zero-order chi connectivity index (χ0) is 21.2. The minimum absolute atomic E-state index is 0.286. The number of amides is 2. The fourth-order valence-corrected chi connectivity index (χ4v) is 4.52. The molecule has 2 saturated heterocycles. The summed E-state index contributed by atoms with van der Waals surface area (Å²) < 4.78 is 0. The molecule has 0 aromatic heterocycles. The van der Waals surface area contributed by atoms with Crippen LogP contribution in [0.15, 0.2) is 0 Å². The maximum atomic E-state index is 12.1. The molecule has 6 heteroatoms. The zero-order valence-corrected chi connectivity index (χ0v) is 19.4. The number of hydrogen-bond donors (Lipinski definition) is 0. The molecule has 29 heavy (non-hydrogen) atoms. The number of carbonyl (C=O) groups excluding carboxylic acids is 2. The first-order valence-electron chi connectivity index (χ1n) is 12.0.